The zero-order valence-electron chi connectivity index (χ0n) is 12.7. The van der Waals surface area contributed by atoms with Crippen molar-refractivity contribution >= 4 is 0 Å². The number of morpholine rings is 1. The third kappa shape index (κ3) is 3.91. The summed E-state index contributed by atoms with van der Waals surface area (Å²) >= 11 is 0. The number of hydrazine groups is 1. The van der Waals surface area contributed by atoms with Crippen molar-refractivity contribution in [1.82, 2.24) is 10.3 Å². The topological polar surface area (TPSA) is 50.5 Å². The second-order valence-electron chi connectivity index (χ2n) is 6.71. The number of nitrogens with two attached hydrogens (primary N) is 1. The lowest BCUT2D eigenvalue weighted by atomic mass is 9.79. The lowest BCUT2D eigenvalue weighted by Crippen LogP contribution is -2.62. The van der Waals surface area contributed by atoms with E-state index in [9.17, 15) is 0 Å². The van der Waals surface area contributed by atoms with E-state index in [-0.39, 0.29) is 5.54 Å². The van der Waals surface area contributed by atoms with Crippen molar-refractivity contribution in [2.45, 2.75) is 64.0 Å². The van der Waals surface area contributed by atoms with Gasteiger partial charge in [-0.15, -0.1) is 0 Å². The molecule has 0 radical (unpaired) electrons. The first-order valence-corrected chi connectivity index (χ1v) is 7.93. The number of hydrogen-bond acceptors (Lipinski definition) is 4. The van der Waals surface area contributed by atoms with Crippen LogP contribution in [0.1, 0.15) is 52.4 Å². The summed E-state index contributed by atoms with van der Waals surface area (Å²) in [5.41, 5.74) is 3.21. The zero-order chi connectivity index (χ0) is 13.7. The van der Waals surface area contributed by atoms with Gasteiger partial charge in [-0.3, -0.25) is 16.2 Å². The van der Waals surface area contributed by atoms with Crippen molar-refractivity contribution in [3.63, 3.8) is 0 Å². The summed E-state index contributed by atoms with van der Waals surface area (Å²) in [6.45, 7) is 8.40. The van der Waals surface area contributed by atoms with Gasteiger partial charge in [0.05, 0.1) is 13.2 Å². The molecule has 1 heterocycles. The summed E-state index contributed by atoms with van der Waals surface area (Å²) in [5.74, 6) is 6.73. The minimum Gasteiger partial charge on any atom is -0.379 e. The van der Waals surface area contributed by atoms with Crippen LogP contribution in [0.5, 0.6) is 0 Å². The molecule has 112 valence electrons. The van der Waals surface area contributed by atoms with Gasteiger partial charge < -0.3 is 4.74 Å². The van der Waals surface area contributed by atoms with Gasteiger partial charge in [0.1, 0.15) is 0 Å². The predicted octanol–water partition coefficient (Wildman–Crippen LogP) is 1.90. The number of nitrogens with one attached hydrogen (secondary N) is 1. The monoisotopic (exact) mass is 269 g/mol. The molecule has 1 aliphatic carbocycles. The fourth-order valence-corrected chi connectivity index (χ4v) is 3.68. The summed E-state index contributed by atoms with van der Waals surface area (Å²) in [5, 5.41) is 0. The van der Waals surface area contributed by atoms with Crippen LogP contribution in [0.2, 0.25) is 0 Å². The SMILES string of the molecule is CC(C)(C(CC1CCCCC1)NN)N1CCOCC1. The lowest BCUT2D eigenvalue weighted by molar-refractivity contribution is -0.0270. The Labute approximate surface area is 118 Å². The van der Waals surface area contributed by atoms with Crippen molar-refractivity contribution in [1.29, 1.82) is 0 Å². The van der Waals surface area contributed by atoms with Gasteiger partial charge in [0.25, 0.3) is 0 Å². The summed E-state index contributed by atoms with van der Waals surface area (Å²) in [6, 6.07) is 0.369. The van der Waals surface area contributed by atoms with Crippen LogP contribution in [0, 0.1) is 5.92 Å². The fraction of sp³-hybridized carbons (Fsp3) is 1.00. The Morgan fingerprint density at radius 1 is 1.21 bits per heavy atom. The van der Waals surface area contributed by atoms with Crippen molar-refractivity contribution in [2.24, 2.45) is 11.8 Å². The van der Waals surface area contributed by atoms with Crippen LogP contribution in [0.3, 0.4) is 0 Å². The van der Waals surface area contributed by atoms with Crippen molar-refractivity contribution < 1.29 is 4.74 Å². The van der Waals surface area contributed by atoms with E-state index in [1.807, 2.05) is 0 Å². The first kappa shape index (κ1) is 15.2. The van der Waals surface area contributed by atoms with Crippen molar-refractivity contribution in [2.75, 3.05) is 26.3 Å². The molecule has 0 aromatic heterocycles. The molecular weight excluding hydrogens is 238 g/mol. The fourth-order valence-electron chi connectivity index (χ4n) is 3.68. The molecule has 0 amide bonds. The number of rotatable bonds is 5. The summed E-state index contributed by atoms with van der Waals surface area (Å²) in [6.07, 6.45) is 8.21. The third-order valence-electron chi connectivity index (χ3n) is 5.17. The molecule has 0 bridgehead atoms. The molecule has 1 unspecified atom stereocenters. The van der Waals surface area contributed by atoms with Crippen LogP contribution in [0.4, 0.5) is 0 Å². The highest BCUT2D eigenvalue weighted by Gasteiger charge is 2.36. The molecule has 1 atom stereocenters. The van der Waals surface area contributed by atoms with Crippen LogP contribution in [-0.4, -0.2) is 42.8 Å². The van der Waals surface area contributed by atoms with E-state index in [2.05, 4.69) is 24.2 Å². The van der Waals surface area contributed by atoms with E-state index in [4.69, 9.17) is 10.6 Å². The van der Waals surface area contributed by atoms with Gasteiger partial charge in [-0.1, -0.05) is 32.1 Å². The maximum absolute atomic E-state index is 5.87. The summed E-state index contributed by atoms with van der Waals surface area (Å²) in [4.78, 5) is 2.53. The van der Waals surface area contributed by atoms with Crippen LogP contribution < -0.4 is 11.3 Å². The Kier molecular flexibility index (Phi) is 5.63. The van der Waals surface area contributed by atoms with E-state index in [0.29, 0.717) is 6.04 Å². The van der Waals surface area contributed by atoms with Gasteiger partial charge in [-0.05, 0) is 26.2 Å². The second-order valence-corrected chi connectivity index (χ2v) is 6.71. The number of ether oxygens (including phenoxy) is 1. The van der Waals surface area contributed by atoms with Crippen molar-refractivity contribution in [3.05, 3.63) is 0 Å². The maximum Gasteiger partial charge on any atom is 0.0594 e. The van der Waals surface area contributed by atoms with Crippen LogP contribution in [-0.2, 0) is 4.74 Å². The van der Waals surface area contributed by atoms with Crippen LogP contribution in [0.25, 0.3) is 0 Å². The molecular formula is C15H31N3O. The molecule has 1 saturated carbocycles. The molecule has 0 aromatic rings. The average Bonchev–Trinajstić information content (AvgIpc) is 2.46. The van der Waals surface area contributed by atoms with Gasteiger partial charge in [0.2, 0.25) is 0 Å². The zero-order valence-corrected chi connectivity index (χ0v) is 12.7. The lowest BCUT2D eigenvalue weighted by Gasteiger charge is -2.46. The van der Waals surface area contributed by atoms with Gasteiger partial charge in [-0.2, -0.15) is 0 Å². The smallest absolute Gasteiger partial charge is 0.0594 e. The van der Waals surface area contributed by atoms with Gasteiger partial charge >= 0.3 is 0 Å². The summed E-state index contributed by atoms with van der Waals surface area (Å²) in [7, 11) is 0. The first-order valence-electron chi connectivity index (χ1n) is 7.93. The Balaban J connectivity index is 1.93. The highest BCUT2D eigenvalue weighted by atomic mass is 16.5. The van der Waals surface area contributed by atoms with Gasteiger partial charge in [0, 0.05) is 24.7 Å². The first-order chi connectivity index (χ1) is 9.14. The molecule has 0 spiro atoms. The largest absolute Gasteiger partial charge is 0.379 e. The normalized spacial score (nSPS) is 25.4. The molecule has 4 nitrogen and oxygen atoms in total. The Morgan fingerprint density at radius 2 is 1.84 bits per heavy atom. The second kappa shape index (κ2) is 7.02. The van der Waals surface area contributed by atoms with Crippen LogP contribution >= 0.6 is 0 Å². The Morgan fingerprint density at radius 3 is 2.42 bits per heavy atom. The Bertz CT molecular complexity index is 258. The maximum atomic E-state index is 5.87. The van der Waals surface area contributed by atoms with E-state index >= 15 is 0 Å². The Hall–Kier alpha value is -0.160. The molecule has 3 N–H and O–H groups in total. The van der Waals surface area contributed by atoms with Gasteiger partial charge in [-0.25, -0.2) is 0 Å². The molecule has 2 aliphatic rings. The van der Waals surface area contributed by atoms with E-state index < -0.39 is 0 Å². The number of nitrogens with zero attached hydrogens (tertiary/aromatic N) is 1. The third-order valence-corrected chi connectivity index (χ3v) is 5.17. The molecule has 4 heteroatoms. The molecule has 1 aliphatic heterocycles. The quantitative estimate of drug-likeness (QED) is 0.591. The highest BCUT2D eigenvalue weighted by Crippen LogP contribution is 2.31. The molecule has 0 aromatic carbocycles. The van der Waals surface area contributed by atoms with E-state index in [1.54, 1.807) is 0 Å². The summed E-state index contributed by atoms with van der Waals surface area (Å²) < 4.78 is 5.46. The highest BCUT2D eigenvalue weighted by molar-refractivity contribution is 4.94. The predicted molar refractivity (Wildman–Crippen MR) is 78.8 cm³/mol. The molecule has 2 rings (SSSR count). The van der Waals surface area contributed by atoms with Crippen molar-refractivity contribution in [3.8, 4) is 0 Å². The van der Waals surface area contributed by atoms with E-state index in [0.717, 1.165) is 32.2 Å². The molecule has 2 fully saturated rings. The molecule has 1 saturated heterocycles. The standard InChI is InChI=1S/C15H31N3O/c1-15(2,18-8-10-19-11-9-18)14(17-16)12-13-6-4-3-5-7-13/h13-14,17H,3-12,16H2,1-2H3. The van der Waals surface area contributed by atoms with Gasteiger partial charge in [0.15, 0.2) is 0 Å². The molecule has 19 heavy (non-hydrogen) atoms. The van der Waals surface area contributed by atoms with E-state index in [1.165, 1.54) is 38.5 Å². The van der Waals surface area contributed by atoms with Crippen LogP contribution in [0.15, 0.2) is 0 Å². The minimum atomic E-state index is 0.107. The average molecular weight is 269 g/mol. The minimum absolute atomic E-state index is 0.107. The number of hydrogen-bond donors (Lipinski definition) is 2.